The van der Waals surface area contributed by atoms with Gasteiger partial charge in [0.15, 0.2) is 5.82 Å². The number of hydrogen-bond acceptors (Lipinski definition) is 5. The second-order valence-electron chi connectivity index (χ2n) is 11.7. The molecule has 0 fully saturated rings. The van der Waals surface area contributed by atoms with Gasteiger partial charge in [0.1, 0.15) is 6.61 Å². The molecular weight excluding hydrogens is 520 g/mol. The fourth-order valence-corrected chi connectivity index (χ4v) is 4.95. The van der Waals surface area contributed by atoms with Gasteiger partial charge in [0.05, 0.1) is 11.7 Å². The van der Waals surface area contributed by atoms with Crippen LogP contribution in [0, 0.1) is 5.92 Å². The zero-order valence-corrected chi connectivity index (χ0v) is 26.4. The van der Waals surface area contributed by atoms with Crippen LogP contribution in [-0.4, -0.2) is 35.3 Å². The van der Waals surface area contributed by atoms with E-state index in [1.165, 1.54) is 87.7 Å². The molecule has 0 amide bonds. The summed E-state index contributed by atoms with van der Waals surface area (Å²) in [5.74, 6) is 0.953. The van der Waals surface area contributed by atoms with E-state index in [4.69, 9.17) is 9.47 Å². The molecule has 1 aromatic heterocycles. The maximum Gasteiger partial charge on any atom is 0.341 e. The van der Waals surface area contributed by atoms with Crippen LogP contribution in [0.3, 0.4) is 0 Å². The third kappa shape index (κ3) is 12.1. The van der Waals surface area contributed by atoms with Crippen molar-refractivity contribution in [2.45, 2.75) is 111 Å². The molecule has 0 aliphatic heterocycles. The van der Waals surface area contributed by atoms with Gasteiger partial charge in [0, 0.05) is 24.6 Å². The van der Waals surface area contributed by atoms with E-state index in [1.54, 1.807) is 0 Å². The van der Waals surface area contributed by atoms with Crippen molar-refractivity contribution in [3.05, 3.63) is 72.1 Å². The van der Waals surface area contributed by atoms with E-state index in [2.05, 4.69) is 67.1 Å². The normalized spacial score (nSPS) is 12.7. The number of unbranched alkanes of at least 4 members (excludes halogenated alkanes) is 7. The fraction of sp³-hybridized carbons (Fsp3) is 0.541. The molecule has 0 saturated heterocycles. The molecule has 2 atom stereocenters. The largest absolute Gasteiger partial charge is 0.459 e. The number of carbonyl (C=O) groups excluding carboxylic acids is 1. The fourth-order valence-electron chi connectivity index (χ4n) is 4.95. The van der Waals surface area contributed by atoms with Crippen LogP contribution >= 0.6 is 0 Å². The van der Waals surface area contributed by atoms with E-state index in [0.29, 0.717) is 18.0 Å². The number of aryl methyl sites for hydroxylation is 1. The van der Waals surface area contributed by atoms with Gasteiger partial charge in [-0.1, -0.05) is 127 Å². The van der Waals surface area contributed by atoms with Crippen molar-refractivity contribution in [2.24, 2.45) is 5.92 Å². The quantitative estimate of drug-likeness (QED) is 0.0996. The van der Waals surface area contributed by atoms with Crippen molar-refractivity contribution in [3.63, 3.8) is 0 Å². The molecule has 0 aliphatic carbocycles. The number of rotatable bonds is 20. The van der Waals surface area contributed by atoms with Crippen molar-refractivity contribution < 1.29 is 14.3 Å². The molecule has 5 heteroatoms. The van der Waals surface area contributed by atoms with Gasteiger partial charge in [-0.15, -0.1) is 0 Å². The molecule has 2 aromatic carbocycles. The van der Waals surface area contributed by atoms with Gasteiger partial charge in [-0.2, -0.15) is 0 Å². The molecule has 1 heterocycles. The van der Waals surface area contributed by atoms with Gasteiger partial charge in [-0.25, -0.2) is 14.8 Å². The molecule has 0 aliphatic rings. The Hall–Kier alpha value is -3.05. The zero-order valence-electron chi connectivity index (χ0n) is 26.4. The summed E-state index contributed by atoms with van der Waals surface area (Å²) in [5, 5.41) is 0. The van der Waals surface area contributed by atoms with Crippen LogP contribution in [0.1, 0.15) is 114 Å². The van der Waals surface area contributed by atoms with E-state index >= 15 is 0 Å². The van der Waals surface area contributed by atoms with Crippen LogP contribution in [0.5, 0.6) is 0 Å². The first-order valence-corrected chi connectivity index (χ1v) is 16.3. The topological polar surface area (TPSA) is 61.3 Å². The highest BCUT2D eigenvalue weighted by atomic mass is 16.6. The predicted molar refractivity (Wildman–Crippen MR) is 174 cm³/mol. The van der Waals surface area contributed by atoms with E-state index in [1.807, 2.05) is 19.1 Å². The van der Waals surface area contributed by atoms with Gasteiger partial charge >= 0.3 is 5.97 Å². The number of ether oxygens (including phenoxy) is 2. The lowest BCUT2D eigenvalue weighted by Gasteiger charge is -2.14. The third-order valence-corrected chi connectivity index (χ3v) is 8.03. The summed E-state index contributed by atoms with van der Waals surface area (Å²) in [4.78, 5) is 21.3. The summed E-state index contributed by atoms with van der Waals surface area (Å²) in [6.07, 6.45) is 18.0. The second kappa shape index (κ2) is 19.2. The molecule has 0 radical (unpaired) electrons. The Balaban J connectivity index is 1.40. The summed E-state index contributed by atoms with van der Waals surface area (Å²) in [7, 11) is 0. The Kier molecular flexibility index (Phi) is 15.3. The summed E-state index contributed by atoms with van der Waals surface area (Å²) in [6.45, 7) is 9.65. The molecular formula is C37H52N2O3. The molecule has 0 unspecified atom stereocenters. The van der Waals surface area contributed by atoms with Crippen LogP contribution in [0.15, 0.2) is 60.9 Å². The van der Waals surface area contributed by atoms with Crippen LogP contribution in [0.2, 0.25) is 0 Å². The minimum atomic E-state index is -0.430. The molecule has 0 bridgehead atoms. The highest BCUT2D eigenvalue weighted by molar-refractivity contribution is 5.88. The van der Waals surface area contributed by atoms with Crippen LogP contribution in [-0.2, 0) is 15.9 Å². The zero-order chi connectivity index (χ0) is 30.0. The van der Waals surface area contributed by atoms with Crippen molar-refractivity contribution in [3.8, 4) is 22.5 Å². The Morgan fingerprint density at radius 1 is 0.738 bits per heavy atom. The van der Waals surface area contributed by atoms with Crippen molar-refractivity contribution in [1.29, 1.82) is 0 Å². The first kappa shape index (κ1) is 33.5. The number of hydrogen-bond donors (Lipinski definition) is 0. The molecule has 228 valence electrons. The van der Waals surface area contributed by atoms with Crippen LogP contribution in [0.4, 0.5) is 0 Å². The molecule has 0 spiro atoms. The lowest BCUT2D eigenvalue weighted by Crippen LogP contribution is -2.20. The smallest absolute Gasteiger partial charge is 0.341 e. The maximum absolute atomic E-state index is 12.5. The molecule has 3 rings (SSSR count). The average molecular weight is 573 g/mol. The Morgan fingerprint density at radius 2 is 1.33 bits per heavy atom. The summed E-state index contributed by atoms with van der Waals surface area (Å²) >= 11 is 0. The molecule has 42 heavy (non-hydrogen) atoms. The number of carbonyl (C=O) groups is 1. The van der Waals surface area contributed by atoms with Crippen molar-refractivity contribution in [2.75, 3.05) is 13.2 Å². The standard InChI is InChI=1S/C37H52N2O3/c1-5-7-8-9-10-13-16-31-17-19-32(20-18-31)33-21-23-34(24-22-33)36-38-26-35(27-39-36)37(40)42-28-30(4)41-25-14-11-12-15-29(3)6-2/h17-24,26-27,29-30H,5-16,25,28H2,1-4H3/t29-,30-/m0/s1. The first-order chi connectivity index (χ1) is 20.5. The van der Waals surface area contributed by atoms with Gasteiger partial charge < -0.3 is 9.47 Å². The molecule has 5 nitrogen and oxygen atoms in total. The van der Waals surface area contributed by atoms with Gasteiger partial charge in [-0.3, -0.25) is 0 Å². The lowest BCUT2D eigenvalue weighted by atomic mass is 10.00. The number of esters is 1. The predicted octanol–water partition coefficient (Wildman–Crippen LogP) is 9.88. The SMILES string of the molecule is CCCCCCCCc1ccc(-c2ccc(-c3ncc(C(=O)OC[C@H](C)OCCCCC[C@@H](C)CC)cn3)cc2)cc1. The van der Waals surface area contributed by atoms with Crippen molar-refractivity contribution >= 4 is 5.97 Å². The van der Waals surface area contributed by atoms with Gasteiger partial charge in [-0.05, 0) is 48.8 Å². The molecule has 0 saturated carbocycles. The number of nitrogens with zero attached hydrogens (tertiary/aromatic N) is 2. The van der Waals surface area contributed by atoms with Gasteiger partial charge in [0.2, 0.25) is 0 Å². The van der Waals surface area contributed by atoms with Crippen LogP contribution in [0.25, 0.3) is 22.5 Å². The highest BCUT2D eigenvalue weighted by Crippen LogP contribution is 2.24. The second-order valence-corrected chi connectivity index (χ2v) is 11.7. The maximum atomic E-state index is 12.5. The summed E-state index contributed by atoms with van der Waals surface area (Å²) < 4.78 is 11.2. The summed E-state index contributed by atoms with van der Waals surface area (Å²) in [5.41, 5.74) is 5.01. The van der Waals surface area contributed by atoms with E-state index in [9.17, 15) is 4.79 Å². The van der Waals surface area contributed by atoms with E-state index in [-0.39, 0.29) is 12.7 Å². The third-order valence-electron chi connectivity index (χ3n) is 8.03. The minimum absolute atomic E-state index is 0.140. The Bertz CT molecular complexity index is 1140. The van der Waals surface area contributed by atoms with E-state index in [0.717, 1.165) is 29.9 Å². The molecule has 3 aromatic rings. The monoisotopic (exact) mass is 572 g/mol. The van der Waals surface area contributed by atoms with Gasteiger partial charge in [0.25, 0.3) is 0 Å². The number of benzene rings is 2. The molecule has 0 N–H and O–H groups in total. The number of aromatic nitrogens is 2. The Labute approximate surface area is 254 Å². The minimum Gasteiger partial charge on any atom is -0.459 e. The van der Waals surface area contributed by atoms with Crippen molar-refractivity contribution in [1.82, 2.24) is 9.97 Å². The summed E-state index contributed by atoms with van der Waals surface area (Å²) in [6, 6.07) is 17.1. The Morgan fingerprint density at radius 3 is 2.00 bits per heavy atom. The van der Waals surface area contributed by atoms with E-state index < -0.39 is 5.97 Å². The van der Waals surface area contributed by atoms with Crippen LogP contribution < -0.4 is 0 Å². The first-order valence-electron chi connectivity index (χ1n) is 16.3. The average Bonchev–Trinajstić information content (AvgIpc) is 3.03. The lowest BCUT2D eigenvalue weighted by molar-refractivity contribution is -0.00149. The highest BCUT2D eigenvalue weighted by Gasteiger charge is 2.12.